The van der Waals surface area contributed by atoms with Crippen LogP contribution in [0.2, 0.25) is 0 Å². The van der Waals surface area contributed by atoms with Crippen LogP contribution < -0.4 is 5.73 Å². The van der Waals surface area contributed by atoms with Crippen molar-refractivity contribution in [1.82, 2.24) is 4.90 Å². The molecule has 0 saturated heterocycles. The maximum atomic E-state index is 12.5. The fraction of sp³-hybridized carbons (Fsp3) is 0.533. The highest BCUT2D eigenvalue weighted by Gasteiger charge is 2.19. The van der Waals surface area contributed by atoms with Gasteiger partial charge in [-0.3, -0.25) is 4.79 Å². The van der Waals surface area contributed by atoms with Gasteiger partial charge in [0.1, 0.15) is 0 Å². The molecule has 0 bridgehead atoms. The fourth-order valence-electron chi connectivity index (χ4n) is 1.90. The van der Waals surface area contributed by atoms with Crippen molar-refractivity contribution in [2.24, 2.45) is 5.92 Å². The van der Waals surface area contributed by atoms with E-state index in [0.29, 0.717) is 5.92 Å². The number of nitrogen functional groups attached to an aromatic ring is 1. The molecule has 0 aliphatic rings. The van der Waals surface area contributed by atoms with Gasteiger partial charge in [-0.25, -0.2) is 0 Å². The molecule has 0 spiro atoms. The van der Waals surface area contributed by atoms with Crippen LogP contribution in [0.5, 0.6) is 0 Å². The summed E-state index contributed by atoms with van der Waals surface area (Å²) in [6, 6.07) is 5.68. The van der Waals surface area contributed by atoms with Crippen LogP contribution in [-0.2, 0) is 0 Å². The predicted molar refractivity (Wildman–Crippen MR) is 76.6 cm³/mol. The zero-order valence-electron chi connectivity index (χ0n) is 12.0. The van der Waals surface area contributed by atoms with Crippen molar-refractivity contribution in [3.05, 3.63) is 29.3 Å². The van der Waals surface area contributed by atoms with Gasteiger partial charge in [-0.1, -0.05) is 13.8 Å². The van der Waals surface area contributed by atoms with Gasteiger partial charge < -0.3 is 10.6 Å². The summed E-state index contributed by atoms with van der Waals surface area (Å²) in [5, 5.41) is 0. The van der Waals surface area contributed by atoms with Crippen LogP contribution >= 0.6 is 0 Å². The monoisotopic (exact) mass is 248 g/mol. The highest BCUT2D eigenvalue weighted by Crippen LogP contribution is 2.16. The maximum absolute atomic E-state index is 12.5. The van der Waals surface area contributed by atoms with Crippen LogP contribution in [0.1, 0.15) is 43.6 Å². The van der Waals surface area contributed by atoms with Gasteiger partial charge in [0.05, 0.1) is 0 Å². The number of carbonyl (C=O) groups is 1. The standard InChI is InChI=1S/C15H24N2O/c1-10(2)9-17(11(3)4)15(18)13-6-7-14(16)12(5)8-13/h6-8,10-11H,9,16H2,1-5H3. The Labute approximate surface area is 110 Å². The van der Waals surface area contributed by atoms with Crippen LogP contribution in [-0.4, -0.2) is 23.4 Å². The first kappa shape index (κ1) is 14.6. The van der Waals surface area contributed by atoms with Crippen LogP contribution in [0.3, 0.4) is 0 Å². The summed E-state index contributed by atoms with van der Waals surface area (Å²) in [4.78, 5) is 14.4. The molecule has 0 fully saturated rings. The van der Waals surface area contributed by atoms with E-state index < -0.39 is 0 Å². The van der Waals surface area contributed by atoms with Gasteiger partial charge in [-0.15, -0.1) is 0 Å². The molecule has 0 aliphatic heterocycles. The Morgan fingerprint density at radius 1 is 1.28 bits per heavy atom. The Morgan fingerprint density at radius 3 is 2.33 bits per heavy atom. The van der Waals surface area contributed by atoms with Crippen LogP contribution in [0, 0.1) is 12.8 Å². The van der Waals surface area contributed by atoms with E-state index in [4.69, 9.17) is 5.73 Å². The molecule has 0 atom stereocenters. The Morgan fingerprint density at radius 2 is 1.89 bits per heavy atom. The second kappa shape index (κ2) is 5.89. The van der Waals surface area contributed by atoms with E-state index in [2.05, 4.69) is 13.8 Å². The van der Waals surface area contributed by atoms with Crippen LogP contribution in [0.25, 0.3) is 0 Å². The van der Waals surface area contributed by atoms with Crippen LogP contribution in [0.4, 0.5) is 5.69 Å². The van der Waals surface area contributed by atoms with Crippen molar-refractivity contribution in [3.8, 4) is 0 Å². The largest absolute Gasteiger partial charge is 0.399 e. The molecule has 2 N–H and O–H groups in total. The second-order valence-electron chi connectivity index (χ2n) is 5.52. The number of carbonyl (C=O) groups excluding carboxylic acids is 1. The molecule has 3 heteroatoms. The minimum atomic E-state index is 0.0850. The van der Waals surface area contributed by atoms with E-state index in [9.17, 15) is 4.79 Å². The van der Waals surface area contributed by atoms with E-state index in [1.807, 2.05) is 31.7 Å². The van der Waals surface area contributed by atoms with E-state index in [-0.39, 0.29) is 11.9 Å². The number of benzene rings is 1. The summed E-state index contributed by atoms with van der Waals surface area (Å²) in [5.74, 6) is 0.549. The fourth-order valence-corrected chi connectivity index (χ4v) is 1.90. The Kier molecular flexibility index (Phi) is 4.76. The van der Waals surface area contributed by atoms with Crippen LogP contribution in [0.15, 0.2) is 18.2 Å². The molecule has 1 rings (SSSR count). The zero-order valence-corrected chi connectivity index (χ0v) is 12.0. The van der Waals surface area contributed by atoms with E-state index in [1.54, 1.807) is 12.1 Å². The van der Waals surface area contributed by atoms with Crippen molar-refractivity contribution in [2.45, 2.75) is 40.7 Å². The Bertz CT molecular complexity index is 425. The lowest BCUT2D eigenvalue weighted by atomic mass is 10.1. The smallest absolute Gasteiger partial charge is 0.254 e. The van der Waals surface area contributed by atoms with Gasteiger partial charge in [-0.2, -0.15) is 0 Å². The number of hydrogen-bond donors (Lipinski definition) is 1. The van der Waals surface area contributed by atoms with Crippen molar-refractivity contribution in [2.75, 3.05) is 12.3 Å². The molecule has 0 saturated carbocycles. The van der Waals surface area contributed by atoms with Gasteiger partial charge in [0.25, 0.3) is 5.91 Å². The lowest BCUT2D eigenvalue weighted by Gasteiger charge is -2.28. The van der Waals surface area contributed by atoms with Gasteiger partial charge in [0, 0.05) is 23.8 Å². The van der Waals surface area contributed by atoms with Gasteiger partial charge >= 0.3 is 0 Å². The van der Waals surface area contributed by atoms with E-state index in [1.165, 1.54) is 0 Å². The third kappa shape index (κ3) is 3.49. The molecule has 0 aromatic heterocycles. The van der Waals surface area contributed by atoms with Gasteiger partial charge in [0.2, 0.25) is 0 Å². The Balaban J connectivity index is 2.98. The van der Waals surface area contributed by atoms with Gasteiger partial charge in [0.15, 0.2) is 0 Å². The van der Waals surface area contributed by atoms with E-state index in [0.717, 1.165) is 23.4 Å². The normalized spacial score (nSPS) is 11.1. The molecule has 3 nitrogen and oxygen atoms in total. The first-order valence-electron chi connectivity index (χ1n) is 6.50. The molecule has 0 radical (unpaired) electrons. The molecular formula is C15H24N2O. The summed E-state index contributed by atoms with van der Waals surface area (Å²) in [7, 11) is 0. The van der Waals surface area contributed by atoms with Gasteiger partial charge in [-0.05, 0) is 50.5 Å². The second-order valence-corrected chi connectivity index (χ2v) is 5.52. The molecule has 1 aromatic rings. The van der Waals surface area contributed by atoms with Crippen molar-refractivity contribution in [1.29, 1.82) is 0 Å². The highest BCUT2D eigenvalue weighted by molar-refractivity contribution is 5.95. The third-order valence-corrected chi connectivity index (χ3v) is 2.96. The summed E-state index contributed by atoms with van der Waals surface area (Å²) in [6.07, 6.45) is 0. The molecule has 1 amide bonds. The molecule has 0 heterocycles. The number of anilines is 1. The average molecular weight is 248 g/mol. The molecule has 18 heavy (non-hydrogen) atoms. The summed E-state index contributed by atoms with van der Waals surface area (Å²) < 4.78 is 0. The summed E-state index contributed by atoms with van der Waals surface area (Å²) in [5.41, 5.74) is 8.18. The molecular weight excluding hydrogens is 224 g/mol. The quantitative estimate of drug-likeness (QED) is 0.832. The highest BCUT2D eigenvalue weighted by atomic mass is 16.2. The molecule has 0 aliphatic carbocycles. The van der Waals surface area contributed by atoms with Crippen molar-refractivity contribution >= 4 is 11.6 Å². The number of nitrogens with zero attached hydrogens (tertiary/aromatic N) is 1. The Hall–Kier alpha value is -1.51. The first-order chi connectivity index (χ1) is 8.32. The first-order valence-corrected chi connectivity index (χ1v) is 6.50. The number of aryl methyl sites for hydroxylation is 1. The molecule has 0 unspecified atom stereocenters. The van der Waals surface area contributed by atoms with Crippen molar-refractivity contribution in [3.63, 3.8) is 0 Å². The third-order valence-electron chi connectivity index (χ3n) is 2.96. The lowest BCUT2D eigenvalue weighted by molar-refractivity contribution is 0.0682. The number of hydrogen-bond acceptors (Lipinski definition) is 2. The maximum Gasteiger partial charge on any atom is 0.254 e. The SMILES string of the molecule is Cc1cc(C(=O)N(CC(C)C)C(C)C)ccc1N. The summed E-state index contributed by atoms with van der Waals surface area (Å²) >= 11 is 0. The van der Waals surface area contributed by atoms with Crippen molar-refractivity contribution < 1.29 is 4.79 Å². The number of rotatable bonds is 4. The average Bonchev–Trinajstić information content (AvgIpc) is 2.28. The molecule has 1 aromatic carbocycles. The predicted octanol–water partition coefficient (Wildman–Crippen LogP) is 3.08. The topological polar surface area (TPSA) is 46.3 Å². The number of amides is 1. The minimum Gasteiger partial charge on any atom is -0.399 e. The van der Waals surface area contributed by atoms with E-state index >= 15 is 0 Å². The number of nitrogens with two attached hydrogens (primary N) is 1. The lowest BCUT2D eigenvalue weighted by Crippen LogP contribution is -2.39. The molecule has 100 valence electrons. The summed E-state index contributed by atoms with van der Waals surface area (Å²) in [6.45, 7) is 11.0. The zero-order chi connectivity index (χ0) is 13.9. The minimum absolute atomic E-state index is 0.0850.